The van der Waals surface area contributed by atoms with Crippen molar-refractivity contribution in [2.75, 3.05) is 11.5 Å². The molecule has 0 spiro atoms. The van der Waals surface area contributed by atoms with Crippen LogP contribution < -0.4 is 9.64 Å². The predicted molar refractivity (Wildman–Crippen MR) is 182 cm³/mol. The number of unbranched alkanes of at least 4 members (excludes halogenated alkanes) is 3. The van der Waals surface area contributed by atoms with Crippen LogP contribution in [0.1, 0.15) is 90.0 Å². The molecule has 0 amide bonds. The maximum absolute atomic E-state index is 9.84. The maximum atomic E-state index is 9.84. The van der Waals surface area contributed by atoms with Crippen molar-refractivity contribution in [2.24, 2.45) is 10.2 Å². The Balaban J connectivity index is 1.23. The number of anilines is 1. The Morgan fingerprint density at radius 2 is 1.70 bits per heavy atom. The SMILES string of the molecule is CCCCCCOc1ccc(/C(C#N)=C/c2cc3sc(/N=N/c4ccc(N5C(C)(C)CCCC5(C)C)cc4)nc3s2)cc1. The quantitative estimate of drug-likeness (QED) is 0.0960. The lowest BCUT2D eigenvalue weighted by Crippen LogP contribution is -2.58. The largest absolute Gasteiger partial charge is 0.494 e. The fraction of sp³-hybridized carbons (Fsp3) is 0.429. The van der Waals surface area contributed by atoms with Crippen LogP contribution in [0.15, 0.2) is 64.8 Å². The molecule has 224 valence electrons. The molecule has 5 rings (SSSR count). The van der Waals surface area contributed by atoms with Crippen molar-refractivity contribution in [2.45, 2.75) is 90.6 Å². The zero-order valence-corrected chi connectivity index (χ0v) is 27.5. The molecule has 2 aromatic heterocycles. The number of aromatic nitrogens is 1. The summed E-state index contributed by atoms with van der Waals surface area (Å²) < 4.78 is 6.89. The maximum Gasteiger partial charge on any atom is 0.231 e. The molecule has 0 radical (unpaired) electrons. The van der Waals surface area contributed by atoms with Crippen LogP contribution in [-0.4, -0.2) is 22.7 Å². The summed E-state index contributed by atoms with van der Waals surface area (Å²) >= 11 is 3.07. The number of hydrogen-bond donors (Lipinski definition) is 0. The molecule has 43 heavy (non-hydrogen) atoms. The van der Waals surface area contributed by atoms with Gasteiger partial charge in [-0.05, 0) is 120 Å². The third kappa shape index (κ3) is 7.52. The highest BCUT2D eigenvalue weighted by atomic mass is 32.1. The first-order valence-corrected chi connectivity index (χ1v) is 16.9. The molecule has 4 aromatic rings. The molecule has 1 saturated heterocycles. The molecule has 0 atom stereocenters. The number of azo groups is 1. The molecule has 1 fully saturated rings. The van der Waals surface area contributed by atoms with Crippen LogP contribution >= 0.6 is 22.7 Å². The number of allylic oxidation sites excluding steroid dienone is 1. The topological polar surface area (TPSA) is 73.9 Å². The summed E-state index contributed by atoms with van der Waals surface area (Å²) in [6.07, 6.45) is 10.3. The number of benzene rings is 2. The predicted octanol–water partition coefficient (Wildman–Crippen LogP) is 11.3. The number of nitrogens with zero attached hydrogens (tertiary/aromatic N) is 5. The number of piperidine rings is 1. The third-order valence-electron chi connectivity index (χ3n) is 8.08. The number of fused-ring (bicyclic) bond motifs is 1. The van der Waals surface area contributed by atoms with E-state index in [1.807, 2.05) is 42.5 Å². The highest BCUT2D eigenvalue weighted by molar-refractivity contribution is 7.29. The lowest BCUT2D eigenvalue weighted by molar-refractivity contribution is 0.244. The second-order valence-corrected chi connectivity index (χ2v) is 14.5. The monoisotopic (exact) mass is 611 g/mol. The number of rotatable bonds is 11. The molecule has 8 heteroatoms. The van der Waals surface area contributed by atoms with Crippen molar-refractivity contribution in [3.63, 3.8) is 0 Å². The van der Waals surface area contributed by atoms with Crippen molar-refractivity contribution in [1.29, 1.82) is 5.26 Å². The molecule has 1 aliphatic rings. The molecule has 2 aromatic carbocycles. The Labute approximate surface area is 263 Å². The van der Waals surface area contributed by atoms with E-state index in [2.05, 4.69) is 79.0 Å². The Kier molecular flexibility index (Phi) is 9.63. The van der Waals surface area contributed by atoms with Crippen LogP contribution in [0, 0.1) is 11.3 Å². The van der Waals surface area contributed by atoms with Crippen LogP contribution in [0.4, 0.5) is 16.5 Å². The summed E-state index contributed by atoms with van der Waals surface area (Å²) in [7, 11) is 0. The molecule has 0 unspecified atom stereocenters. The molecule has 1 aliphatic heterocycles. The third-order valence-corrected chi connectivity index (χ3v) is 10.1. The minimum Gasteiger partial charge on any atom is -0.494 e. The van der Waals surface area contributed by atoms with Crippen molar-refractivity contribution in [1.82, 2.24) is 4.98 Å². The van der Waals surface area contributed by atoms with E-state index in [4.69, 9.17) is 4.74 Å². The van der Waals surface area contributed by atoms with E-state index in [1.54, 1.807) is 11.3 Å². The zero-order valence-electron chi connectivity index (χ0n) is 25.9. The molecule has 0 aliphatic carbocycles. The van der Waals surface area contributed by atoms with Crippen LogP contribution in [0.3, 0.4) is 0 Å². The van der Waals surface area contributed by atoms with Crippen LogP contribution in [0.2, 0.25) is 0 Å². The van der Waals surface area contributed by atoms with Gasteiger partial charge in [-0.25, -0.2) is 4.98 Å². The summed E-state index contributed by atoms with van der Waals surface area (Å²) in [6.45, 7) is 12.3. The number of hydrogen-bond acceptors (Lipinski definition) is 8. The molecule has 0 saturated carbocycles. The standard InChI is InChI=1S/C35H41N5OS2/c1-6-7-8-9-21-41-29-17-11-25(12-18-29)26(24-36)22-30-23-31-32(42-30)37-33(43-31)39-38-27-13-15-28(16-14-27)40-34(2,3)19-10-20-35(40,4)5/h11-18,22-23H,6-10,19-21H2,1-5H3/b26-22+,39-38+. The number of ether oxygens (including phenoxy) is 1. The van der Waals surface area contributed by atoms with Gasteiger partial charge >= 0.3 is 0 Å². The highest BCUT2D eigenvalue weighted by Gasteiger charge is 2.41. The second kappa shape index (κ2) is 13.4. The van der Waals surface area contributed by atoms with Gasteiger partial charge in [0.1, 0.15) is 10.6 Å². The van der Waals surface area contributed by atoms with E-state index < -0.39 is 0 Å². The van der Waals surface area contributed by atoms with E-state index in [9.17, 15) is 5.26 Å². The van der Waals surface area contributed by atoms with E-state index in [1.165, 1.54) is 55.5 Å². The summed E-state index contributed by atoms with van der Waals surface area (Å²) in [5.74, 6) is 0.839. The van der Waals surface area contributed by atoms with E-state index in [-0.39, 0.29) is 11.1 Å². The van der Waals surface area contributed by atoms with Gasteiger partial charge in [-0.15, -0.1) is 21.6 Å². The summed E-state index contributed by atoms with van der Waals surface area (Å²) in [5.41, 5.74) is 3.76. The van der Waals surface area contributed by atoms with Gasteiger partial charge in [0.2, 0.25) is 5.13 Å². The molecule has 6 nitrogen and oxygen atoms in total. The van der Waals surface area contributed by atoms with Gasteiger partial charge < -0.3 is 9.64 Å². The van der Waals surface area contributed by atoms with Crippen molar-refractivity contribution < 1.29 is 4.74 Å². The first-order chi connectivity index (χ1) is 20.7. The number of thiophene rings is 1. The van der Waals surface area contributed by atoms with Crippen LogP contribution in [0.5, 0.6) is 5.75 Å². The fourth-order valence-corrected chi connectivity index (χ4v) is 8.08. The Morgan fingerprint density at radius 3 is 2.35 bits per heavy atom. The minimum absolute atomic E-state index is 0.117. The second-order valence-electron chi connectivity index (χ2n) is 12.4. The molecule has 0 N–H and O–H groups in total. The first kappa shape index (κ1) is 30.9. The molecular weight excluding hydrogens is 571 g/mol. The summed E-state index contributed by atoms with van der Waals surface area (Å²) in [5, 5.41) is 19.4. The van der Waals surface area contributed by atoms with Gasteiger partial charge in [0.25, 0.3) is 0 Å². The van der Waals surface area contributed by atoms with Gasteiger partial charge in [-0.2, -0.15) is 5.26 Å². The van der Waals surface area contributed by atoms with Gasteiger partial charge in [-0.1, -0.05) is 37.5 Å². The van der Waals surface area contributed by atoms with E-state index in [0.717, 1.165) is 44.4 Å². The summed E-state index contributed by atoms with van der Waals surface area (Å²) in [4.78, 5) is 9.13. The normalized spacial score (nSPS) is 16.6. The average molecular weight is 612 g/mol. The number of nitriles is 1. The van der Waals surface area contributed by atoms with Gasteiger partial charge in [0.05, 0.1) is 28.6 Å². The molecule has 0 bridgehead atoms. The van der Waals surface area contributed by atoms with Crippen molar-refractivity contribution >= 4 is 60.4 Å². The van der Waals surface area contributed by atoms with Gasteiger partial charge in [0, 0.05) is 21.6 Å². The highest BCUT2D eigenvalue weighted by Crippen LogP contribution is 2.42. The van der Waals surface area contributed by atoms with E-state index >= 15 is 0 Å². The lowest BCUT2D eigenvalue weighted by Gasteiger charge is -2.54. The minimum atomic E-state index is 0.117. The fourth-order valence-electron chi connectivity index (χ4n) is 6.09. The Morgan fingerprint density at radius 1 is 0.977 bits per heavy atom. The number of thiazole rings is 1. The average Bonchev–Trinajstić information content (AvgIpc) is 3.53. The van der Waals surface area contributed by atoms with Crippen LogP contribution in [-0.2, 0) is 0 Å². The Bertz CT molecular complexity index is 1570. The van der Waals surface area contributed by atoms with Crippen molar-refractivity contribution in [3.8, 4) is 11.8 Å². The van der Waals surface area contributed by atoms with Gasteiger partial charge in [0.15, 0.2) is 0 Å². The first-order valence-electron chi connectivity index (χ1n) is 15.3. The summed E-state index contributed by atoms with van der Waals surface area (Å²) in [6, 6.07) is 20.6. The molecule has 3 heterocycles. The molecular formula is C35H41N5OS2. The van der Waals surface area contributed by atoms with Crippen molar-refractivity contribution in [3.05, 3.63) is 65.0 Å². The lowest BCUT2D eigenvalue weighted by atomic mass is 9.79. The van der Waals surface area contributed by atoms with Gasteiger partial charge in [-0.3, -0.25) is 0 Å². The Hall–Kier alpha value is -3.54. The van der Waals surface area contributed by atoms with Crippen LogP contribution in [0.25, 0.3) is 21.2 Å². The smallest absolute Gasteiger partial charge is 0.231 e. The van der Waals surface area contributed by atoms with E-state index in [0.29, 0.717) is 10.7 Å². The zero-order chi connectivity index (χ0) is 30.5.